The van der Waals surface area contributed by atoms with Gasteiger partial charge in [0.2, 0.25) is 0 Å². The molecule has 5 unspecified atom stereocenters. The maximum absolute atomic E-state index is 9.81. The molecular formula is C14H20O2. The van der Waals surface area contributed by atoms with Crippen molar-refractivity contribution < 1.29 is 10.2 Å². The van der Waals surface area contributed by atoms with Crippen LogP contribution in [0.4, 0.5) is 0 Å². The average molecular weight is 220 g/mol. The van der Waals surface area contributed by atoms with Crippen molar-refractivity contribution in [2.45, 2.75) is 32.1 Å². The van der Waals surface area contributed by atoms with Crippen LogP contribution in [0.15, 0.2) is 11.6 Å². The molecule has 0 aromatic rings. The number of aliphatic hydroxyl groups is 2. The molecule has 0 amide bonds. The number of hydrogen-bond donors (Lipinski definition) is 2. The summed E-state index contributed by atoms with van der Waals surface area (Å²) in [6, 6.07) is 0. The zero-order chi connectivity index (χ0) is 11.0. The van der Waals surface area contributed by atoms with Gasteiger partial charge in [-0.3, -0.25) is 0 Å². The van der Waals surface area contributed by atoms with Gasteiger partial charge in [-0.1, -0.05) is 11.6 Å². The largest absolute Gasteiger partial charge is 0.396 e. The van der Waals surface area contributed by atoms with Gasteiger partial charge in [0.15, 0.2) is 0 Å². The van der Waals surface area contributed by atoms with Crippen molar-refractivity contribution in [2.75, 3.05) is 13.2 Å². The fourth-order valence-corrected chi connectivity index (χ4v) is 5.19. The zero-order valence-electron chi connectivity index (χ0n) is 9.65. The highest BCUT2D eigenvalue weighted by atomic mass is 16.3. The van der Waals surface area contributed by atoms with E-state index in [1.165, 1.54) is 31.3 Å². The molecule has 0 aromatic heterocycles. The SMILES string of the molecule is OCC12CC1(CO)C1CC1C1CCCC=C12. The Kier molecular flexibility index (Phi) is 1.65. The second kappa shape index (κ2) is 2.73. The summed E-state index contributed by atoms with van der Waals surface area (Å²) in [6.07, 6.45) is 8.60. The first-order valence-electron chi connectivity index (χ1n) is 6.71. The number of fused-ring (bicyclic) bond motifs is 6. The molecule has 4 rings (SSSR count). The minimum atomic E-state index is 0.00447. The summed E-state index contributed by atoms with van der Waals surface area (Å²) in [4.78, 5) is 0. The Hall–Kier alpha value is -0.340. The maximum Gasteiger partial charge on any atom is 0.0531 e. The molecule has 0 radical (unpaired) electrons. The summed E-state index contributed by atoms with van der Waals surface area (Å²) in [5, 5.41) is 19.5. The van der Waals surface area contributed by atoms with E-state index in [0.29, 0.717) is 6.61 Å². The number of allylic oxidation sites excluding steroid dienone is 1. The second-order valence-corrected chi connectivity index (χ2v) is 6.43. The molecule has 0 aromatic carbocycles. The molecule has 88 valence electrons. The minimum absolute atomic E-state index is 0.00447. The molecule has 0 aliphatic heterocycles. The lowest BCUT2D eigenvalue weighted by Crippen LogP contribution is -2.35. The molecule has 0 heterocycles. The van der Waals surface area contributed by atoms with Crippen LogP contribution in [0.3, 0.4) is 0 Å². The quantitative estimate of drug-likeness (QED) is 0.696. The Labute approximate surface area is 96.4 Å². The van der Waals surface area contributed by atoms with E-state index in [4.69, 9.17) is 0 Å². The molecule has 4 aliphatic carbocycles. The van der Waals surface area contributed by atoms with E-state index < -0.39 is 0 Å². The van der Waals surface area contributed by atoms with Crippen LogP contribution in [0.1, 0.15) is 32.1 Å². The van der Waals surface area contributed by atoms with E-state index >= 15 is 0 Å². The van der Waals surface area contributed by atoms with Crippen molar-refractivity contribution in [3.63, 3.8) is 0 Å². The van der Waals surface area contributed by atoms with Crippen LogP contribution in [-0.2, 0) is 0 Å². The van der Waals surface area contributed by atoms with Crippen molar-refractivity contribution in [1.29, 1.82) is 0 Å². The fourth-order valence-electron chi connectivity index (χ4n) is 5.19. The first-order valence-corrected chi connectivity index (χ1v) is 6.71. The number of hydrogen-bond acceptors (Lipinski definition) is 2. The van der Waals surface area contributed by atoms with Crippen LogP contribution >= 0.6 is 0 Å². The van der Waals surface area contributed by atoms with Crippen molar-refractivity contribution in [3.8, 4) is 0 Å². The molecule has 0 spiro atoms. The van der Waals surface area contributed by atoms with Crippen LogP contribution in [0.25, 0.3) is 0 Å². The highest BCUT2D eigenvalue weighted by Crippen LogP contribution is 2.83. The highest BCUT2D eigenvalue weighted by Gasteiger charge is 2.80. The van der Waals surface area contributed by atoms with Crippen LogP contribution in [0.2, 0.25) is 0 Å². The van der Waals surface area contributed by atoms with E-state index in [0.717, 1.165) is 24.2 Å². The van der Waals surface area contributed by atoms with Gasteiger partial charge in [-0.25, -0.2) is 0 Å². The summed E-state index contributed by atoms with van der Waals surface area (Å²) in [6.45, 7) is 0.553. The van der Waals surface area contributed by atoms with Gasteiger partial charge < -0.3 is 10.2 Å². The first kappa shape index (κ1) is 9.67. The van der Waals surface area contributed by atoms with Gasteiger partial charge in [-0.15, -0.1) is 0 Å². The van der Waals surface area contributed by atoms with Crippen molar-refractivity contribution in [2.24, 2.45) is 28.6 Å². The van der Waals surface area contributed by atoms with Gasteiger partial charge in [0, 0.05) is 17.4 Å². The molecule has 3 fully saturated rings. The summed E-state index contributed by atoms with van der Waals surface area (Å²) < 4.78 is 0. The lowest BCUT2D eigenvalue weighted by atomic mass is 9.67. The molecule has 2 N–H and O–H groups in total. The van der Waals surface area contributed by atoms with Gasteiger partial charge in [0.25, 0.3) is 0 Å². The average Bonchev–Trinajstić information content (AvgIpc) is 3.21. The maximum atomic E-state index is 9.81. The van der Waals surface area contributed by atoms with E-state index in [9.17, 15) is 10.2 Å². The van der Waals surface area contributed by atoms with Gasteiger partial charge >= 0.3 is 0 Å². The molecule has 5 atom stereocenters. The van der Waals surface area contributed by atoms with E-state index in [1.807, 2.05) is 0 Å². The topological polar surface area (TPSA) is 40.5 Å². The number of rotatable bonds is 2. The Morgan fingerprint density at radius 1 is 1.31 bits per heavy atom. The van der Waals surface area contributed by atoms with Gasteiger partial charge in [-0.2, -0.15) is 0 Å². The second-order valence-electron chi connectivity index (χ2n) is 6.43. The molecular weight excluding hydrogens is 200 g/mol. The molecule has 16 heavy (non-hydrogen) atoms. The lowest BCUT2D eigenvalue weighted by molar-refractivity contribution is 0.0902. The molecule has 4 aliphatic rings. The summed E-state index contributed by atoms with van der Waals surface area (Å²) in [5.41, 5.74) is 1.63. The predicted octanol–water partition coefficient (Wildman–Crippen LogP) is 1.72. The molecule has 0 saturated heterocycles. The Balaban J connectivity index is 1.82. The predicted molar refractivity (Wildman–Crippen MR) is 60.7 cm³/mol. The molecule has 3 saturated carbocycles. The van der Waals surface area contributed by atoms with Gasteiger partial charge in [0.1, 0.15) is 0 Å². The highest BCUT2D eigenvalue weighted by molar-refractivity contribution is 5.42. The van der Waals surface area contributed by atoms with E-state index in [-0.39, 0.29) is 17.4 Å². The van der Waals surface area contributed by atoms with Gasteiger partial charge in [0.05, 0.1) is 6.61 Å². The van der Waals surface area contributed by atoms with Crippen LogP contribution in [0, 0.1) is 28.6 Å². The van der Waals surface area contributed by atoms with Crippen molar-refractivity contribution in [1.82, 2.24) is 0 Å². The third kappa shape index (κ3) is 0.820. The van der Waals surface area contributed by atoms with E-state index in [1.54, 1.807) is 0 Å². The van der Waals surface area contributed by atoms with Crippen molar-refractivity contribution in [3.05, 3.63) is 11.6 Å². The Morgan fingerprint density at radius 3 is 2.94 bits per heavy atom. The van der Waals surface area contributed by atoms with Crippen molar-refractivity contribution >= 4 is 0 Å². The Morgan fingerprint density at radius 2 is 2.19 bits per heavy atom. The van der Waals surface area contributed by atoms with Crippen LogP contribution in [-0.4, -0.2) is 23.4 Å². The molecule has 0 bridgehead atoms. The summed E-state index contributed by atoms with van der Waals surface area (Å²) >= 11 is 0. The lowest BCUT2D eigenvalue weighted by Gasteiger charge is -2.38. The van der Waals surface area contributed by atoms with Crippen LogP contribution < -0.4 is 0 Å². The first-order chi connectivity index (χ1) is 7.79. The minimum Gasteiger partial charge on any atom is -0.396 e. The van der Waals surface area contributed by atoms with E-state index in [2.05, 4.69) is 6.08 Å². The number of aliphatic hydroxyl groups excluding tert-OH is 2. The normalized spacial score (nSPS) is 56.9. The Bertz CT molecular complexity index is 375. The zero-order valence-corrected chi connectivity index (χ0v) is 9.65. The fraction of sp³-hybridized carbons (Fsp3) is 0.857. The van der Waals surface area contributed by atoms with Gasteiger partial charge in [-0.05, 0) is 49.9 Å². The third-order valence-electron chi connectivity index (χ3n) is 6.10. The van der Waals surface area contributed by atoms with Crippen LogP contribution in [0.5, 0.6) is 0 Å². The smallest absolute Gasteiger partial charge is 0.0531 e. The standard InChI is InChI=1S/C14H20O2/c15-7-13-6-14(13,8-16)12-5-10(12)9-3-1-2-4-11(9)13/h4,9-10,12,15-16H,1-3,5-8H2. The monoisotopic (exact) mass is 220 g/mol. The molecule has 2 nitrogen and oxygen atoms in total. The molecule has 2 heteroatoms. The summed E-state index contributed by atoms with van der Waals surface area (Å²) in [7, 11) is 0. The third-order valence-corrected chi connectivity index (χ3v) is 6.10. The summed E-state index contributed by atoms with van der Waals surface area (Å²) in [5.74, 6) is 2.33.